The van der Waals surface area contributed by atoms with Crippen LogP contribution < -0.4 is 11.1 Å². The molecule has 1 unspecified atom stereocenters. The van der Waals surface area contributed by atoms with Gasteiger partial charge < -0.3 is 11.1 Å². The van der Waals surface area contributed by atoms with Gasteiger partial charge in [-0.05, 0) is 19.4 Å². The van der Waals surface area contributed by atoms with Gasteiger partial charge in [0.25, 0.3) is 0 Å². The van der Waals surface area contributed by atoms with E-state index in [4.69, 9.17) is 10.7 Å². The Labute approximate surface area is 161 Å². The molecular formula is C16H30Cl2N4OS. The first-order chi connectivity index (χ1) is 10.6. The molecule has 1 atom stereocenters. The van der Waals surface area contributed by atoms with Crippen LogP contribution in [0.25, 0.3) is 0 Å². The molecule has 2 heterocycles. The highest BCUT2D eigenvalue weighted by atomic mass is 35.5. The van der Waals surface area contributed by atoms with Gasteiger partial charge in [0.05, 0.1) is 10.7 Å². The molecule has 0 bridgehead atoms. The van der Waals surface area contributed by atoms with Crippen LogP contribution in [0.2, 0.25) is 0 Å². The molecule has 0 aromatic carbocycles. The van der Waals surface area contributed by atoms with Crippen LogP contribution in [0.3, 0.4) is 0 Å². The molecular weight excluding hydrogens is 367 g/mol. The Kier molecular flexibility index (Phi) is 11.8. The number of carbonyl (C=O) groups excluding carboxylic acids is 1. The number of nitrogens with zero attached hydrogens (tertiary/aromatic N) is 2. The molecule has 8 heteroatoms. The molecule has 1 aliphatic rings. The molecule has 140 valence electrons. The number of hydrogen-bond acceptors (Lipinski definition) is 5. The Morgan fingerprint density at radius 3 is 2.83 bits per heavy atom. The predicted octanol–water partition coefficient (Wildman–Crippen LogP) is 2.93. The summed E-state index contributed by atoms with van der Waals surface area (Å²) in [5.74, 6) is 0.551. The zero-order chi connectivity index (χ0) is 15.9. The van der Waals surface area contributed by atoms with E-state index in [-0.39, 0.29) is 30.7 Å². The van der Waals surface area contributed by atoms with Crippen molar-refractivity contribution in [2.45, 2.75) is 58.0 Å². The smallest absolute Gasteiger partial charge is 0.221 e. The lowest BCUT2D eigenvalue weighted by molar-refractivity contribution is -0.121. The zero-order valence-corrected chi connectivity index (χ0v) is 16.9. The van der Waals surface area contributed by atoms with Crippen molar-refractivity contribution in [1.29, 1.82) is 0 Å². The number of nitrogens with one attached hydrogen (secondary N) is 1. The van der Waals surface area contributed by atoms with E-state index in [1.54, 1.807) is 11.3 Å². The third-order valence-corrected chi connectivity index (χ3v) is 5.28. The van der Waals surface area contributed by atoms with E-state index in [0.717, 1.165) is 31.7 Å². The number of likely N-dealkylation sites (tertiary alicyclic amines) is 1. The summed E-state index contributed by atoms with van der Waals surface area (Å²) in [5.41, 5.74) is 6.58. The number of halogens is 2. The molecule has 1 saturated heterocycles. The molecule has 1 fully saturated rings. The minimum atomic E-state index is 0. The van der Waals surface area contributed by atoms with Gasteiger partial charge in [-0.3, -0.25) is 9.69 Å². The van der Waals surface area contributed by atoms with E-state index in [1.165, 1.54) is 17.8 Å². The predicted molar refractivity (Wildman–Crippen MR) is 105 cm³/mol. The van der Waals surface area contributed by atoms with Crippen molar-refractivity contribution in [2.24, 2.45) is 5.73 Å². The standard InChI is InChI=1S/C16H28N4OS.2ClH/c1-12(2)16-19-13(11-22-16)10-20-8-4-3-5-14(20)9-18-15(21)6-7-17;;/h11-12,14H,3-10,17H2,1-2H3,(H,18,21);2*1H. The Bertz CT molecular complexity index is 484. The van der Waals surface area contributed by atoms with Gasteiger partial charge in [-0.25, -0.2) is 4.98 Å². The summed E-state index contributed by atoms with van der Waals surface area (Å²) in [6.07, 6.45) is 4.03. The van der Waals surface area contributed by atoms with E-state index in [1.807, 2.05) is 0 Å². The normalized spacial score (nSPS) is 17.9. The minimum Gasteiger partial charge on any atom is -0.354 e. The van der Waals surface area contributed by atoms with Gasteiger partial charge in [-0.2, -0.15) is 0 Å². The van der Waals surface area contributed by atoms with Crippen LogP contribution in [0.15, 0.2) is 5.38 Å². The second-order valence-electron chi connectivity index (χ2n) is 6.29. The molecule has 5 nitrogen and oxygen atoms in total. The quantitative estimate of drug-likeness (QED) is 0.742. The number of piperidine rings is 1. The molecule has 2 rings (SSSR count). The number of rotatable bonds is 7. The van der Waals surface area contributed by atoms with Crippen molar-refractivity contribution >= 4 is 42.1 Å². The molecule has 0 spiro atoms. The van der Waals surface area contributed by atoms with E-state index in [9.17, 15) is 4.79 Å². The van der Waals surface area contributed by atoms with Crippen molar-refractivity contribution in [3.8, 4) is 0 Å². The summed E-state index contributed by atoms with van der Waals surface area (Å²) in [6.45, 7) is 7.47. The summed E-state index contributed by atoms with van der Waals surface area (Å²) in [7, 11) is 0. The van der Waals surface area contributed by atoms with Crippen molar-refractivity contribution in [2.75, 3.05) is 19.6 Å². The van der Waals surface area contributed by atoms with E-state index in [0.29, 0.717) is 24.9 Å². The Morgan fingerprint density at radius 2 is 2.21 bits per heavy atom. The summed E-state index contributed by atoms with van der Waals surface area (Å²) in [6, 6.07) is 0.416. The average molecular weight is 397 g/mol. The fourth-order valence-corrected chi connectivity index (χ4v) is 3.65. The lowest BCUT2D eigenvalue weighted by atomic mass is 10.0. The first-order valence-corrected chi connectivity index (χ1v) is 9.13. The van der Waals surface area contributed by atoms with Crippen LogP contribution in [0.1, 0.15) is 56.2 Å². The largest absolute Gasteiger partial charge is 0.354 e. The number of aromatic nitrogens is 1. The number of hydrogen-bond donors (Lipinski definition) is 2. The van der Waals surface area contributed by atoms with Crippen LogP contribution in [-0.4, -0.2) is 41.5 Å². The van der Waals surface area contributed by atoms with Gasteiger partial charge >= 0.3 is 0 Å². The van der Waals surface area contributed by atoms with Gasteiger partial charge in [-0.1, -0.05) is 20.3 Å². The maximum atomic E-state index is 11.6. The van der Waals surface area contributed by atoms with Gasteiger partial charge in [0.15, 0.2) is 0 Å². The lowest BCUT2D eigenvalue weighted by Crippen LogP contribution is -2.46. The van der Waals surface area contributed by atoms with Crippen LogP contribution >= 0.6 is 36.2 Å². The van der Waals surface area contributed by atoms with Crippen molar-refractivity contribution < 1.29 is 4.79 Å². The topological polar surface area (TPSA) is 71.2 Å². The molecule has 1 aromatic heterocycles. The second-order valence-corrected chi connectivity index (χ2v) is 7.18. The third kappa shape index (κ3) is 7.23. The van der Waals surface area contributed by atoms with Crippen molar-refractivity contribution in [1.82, 2.24) is 15.2 Å². The Hall–Kier alpha value is -0.400. The summed E-state index contributed by atoms with van der Waals surface area (Å²) in [4.78, 5) is 18.8. The second kappa shape index (κ2) is 12.0. The molecule has 1 amide bonds. The van der Waals surface area contributed by atoms with Crippen LogP contribution in [-0.2, 0) is 11.3 Å². The van der Waals surface area contributed by atoms with E-state index >= 15 is 0 Å². The Balaban J connectivity index is 0.00000264. The zero-order valence-electron chi connectivity index (χ0n) is 14.5. The molecule has 0 radical (unpaired) electrons. The number of nitrogens with two attached hydrogens (primary N) is 1. The highest BCUT2D eigenvalue weighted by Gasteiger charge is 2.23. The number of amides is 1. The van der Waals surface area contributed by atoms with Gasteiger partial charge in [0.2, 0.25) is 5.91 Å². The summed E-state index contributed by atoms with van der Waals surface area (Å²) >= 11 is 1.75. The fourth-order valence-electron chi connectivity index (χ4n) is 2.82. The molecule has 3 N–H and O–H groups in total. The maximum Gasteiger partial charge on any atom is 0.221 e. The first-order valence-electron chi connectivity index (χ1n) is 8.25. The highest BCUT2D eigenvalue weighted by Crippen LogP contribution is 2.23. The minimum absolute atomic E-state index is 0. The highest BCUT2D eigenvalue weighted by molar-refractivity contribution is 7.09. The fraction of sp³-hybridized carbons (Fsp3) is 0.750. The summed E-state index contributed by atoms with van der Waals surface area (Å²) < 4.78 is 0. The number of carbonyl (C=O) groups is 1. The van der Waals surface area contributed by atoms with Crippen LogP contribution in [0, 0.1) is 0 Å². The maximum absolute atomic E-state index is 11.6. The molecule has 0 aliphatic carbocycles. The first kappa shape index (κ1) is 23.6. The average Bonchev–Trinajstić information content (AvgIpc) is 2.95. The van der Waals surface area contributed by atoms with Gasteiger partial charge in [-0.15, -0.1) is 36.2 Å². The van der Waals surface area contributed by atoms with Crippen LogP contribution in [0.4, 0.5) is 0 Å². The summed E-state index contributed by atoms with van der Waals surface area (Å²) in [5, 5.41) is 6.40. The van der Waals surface area contributed by atoms with Crippen LogP contribution in [0.5, 0.6) is 0 Å². The molecule has 24 heavy (non-hydrogen) atoms. The molecule has 1 aliphatic heterocycles. The van der Waals surface area contributed by atoms with Gasteiger partial charge in [0, 0.05) is 43.4 Å². The third-order valence-electron chi connectivity index (χ3n) is 4.08. The van der Waals surface area contributed by atoms with E-state index < -0.39 is 0 Å². The van der Waals surface area contributed by atoms with Crippen molar-refractivity contribution in [3.63, 3.8) is 0 Å². The molecule has 0 saturated carbocycles. The van der Waals surface area contributed by atoms with E-state index in [2.05, 4.69) is 29.4 Å². The Morgan fingerprint density at radius 1 is 1.46 bits per heavy atom. The van der Waals surface area contributed by atoms with Crippen molar-refractivity contribution in [3.05, 3.63) is 16.1 Å². The monoisotopic (exact) mass is 396 g/mol. The van der Waals surface area contributed by atoms with Gasteiger partial charge in [0.1, 0.15) is 0 Å². The SMILES string of the molecule is CC(C)c1nc(CN2CCCCC2CNC(=O)CCN)cs1.Cl.Cl. The molecule has 1 aromatic rings. The number of thiazole rings is 1. The lowest BCUT2D eigenvalue weighted by Gasteiger charge is -2.35.